The van der Waals surface area contributed by atoms with Gasteiger partial charge in [0.25, 0.3) is 11.8 Å². The van der Waals surface area contributed by atoms with E-state index in [1.165, 1.54) is 6.33 Å². The number of rotatable bonds is 2. The van der Waals surface area contributed by atoms with Gasteiger partial charge in [-0.3, -0.25) is 9.59 Å². The van der Waals surface area contributed by atoms with Gasteiger partial charge in [-0.1, -0.05) is 0 Å². The summed E-state index contributed by atoms with van der Waals surface area (Å²) in [7, 11) is 0. The summed E-state index contributed by atoms with van der Waals surface area (Å²) < 4.78 is 11.6. The quantitative estimate of drug-likeness (QED) is 0.817. The van der Waals surface area contributed by atoms with Crippen molar-refractivity contribution in [3.05, 3.63) is 42.7 Å². The number of carbonyl (C=O) groups is 2. The lowest BCUT2D eigenvalue weighted by Crippen LogP contribution is -2.61. The molecule has 26 heavy (non-hydrogen) atoms. The number of morpholine rings is 1. The number of ether oxygens (including phenoxy) is 2. The fraction of sp³-hybridized carbons (Fsp3) is 0.412. The number of H-pyrrole nitrogens is 1. The van der Waals surface area contributed by atoms with Gasteiger partial charge in [-0.15, -0.1) is 0 Å². The molecule has 0 saturated carbocycles. The fourth-order valence-corrected chi connectivity index (χ4v) is 3.28. The standard InChI is InChI=1S/C17H19N5O4/c23-15-8-26-17(10-22(15)14-6-19-12-20-7-14)9-21(3-4-25-11-17)16(24)13-1-2-18-5-13/h1-2,5-7,12,18H,3-4,8-11H2. The Morgan fingerprint density at radius 2 is 2.12 bits per heavy atom. The number of aromatic amines is 1. The third kappa shape index (κ3) is 3.18. The molecule has 1 N–H and O–H groups in total. The zero-order valence-electron chi connectivity index (χ0n) is 14.1. The van der Waals surface area contributed by atoms with Crippen molar-refractivity contribution in [1.82, 2.24) is 19.9 Å². The van der Waals surface area contributed by atoms with Crippen LogP contribution in [0, 0.1) is 0 Å². The van der Waals surface area contributed by atoms with Crippen molar-refractivity contribution in [2.45, 2.75) is 5.60 Å². The molecule has 1 spiro atoms. The summed E-state index contributed by atoms with van der Waals surface area (Å²) in [5.74, 6) is -0.260. The highest BCUT2D eigenvalue weighted by Gasteiger charge is 2.44. The van der Waals surface area contributed by atoms with Crippen molar-refractivity contribution in [2.24, 2.45) is 0 Å². The van der Waals surface area contributed by atoms with Crippen LogP contribution >= 0.6 is 0 Å². The number of hydrogen-bond donors (Lipinski definition) is 1. The smallest absolute Gasteiger partial charge is 0.255 e. The van der Waals surface area contributed by atoms with E-state index in [1.807, 2.05) is 0 Å². The van der Waals surface area contributed by atoms with Gasteiger partial charge in [0.15, 0.2) is 0 Å². The first-order valence-corrected chi connectivity index (χ1v) is 8.36. The molecule has 2 aromatic heterocycles. The van der Waals surface area contributed by atoms with Crippen LogP contribution in [0.5, 0.6) is 0 Å². The average Bonchev–Trinajstić information content (AvgIpc) is 3.13. The third-order valence-corrected chi connectivity index (χ3v) is 4.59. The second kappa shape index (κ2) is 6.85. The van der Waals surface area contributed by atoms with E-state index in [1.54, 1.807) is 40.7 Å². The highest BCUT2D eigenvalue weighted by Crippen LogP contribution is 2.27. The van der Waals surface area contributed by atoms with Gasteiger partial charge >= 0.3 is 0 Å². The van der Waals surface area contributed by atoms with Crippen molar-refractivity contribution < 1.29 is 19.1 Å². The van der Waals surface area contributed by atoms with E-state index in [2.05, 4.69) is 15.0 Å². The molecule has 0 aliphatic carbocycles. The van der Waals surface area contributed by atoms with E-state index < -0.39 is 5.60 Å². The second-order valence-corrected chi connectivity index (χ2v) is 6.43. The lowest BCUT2D eigenvalue weighted by Gasteiger charge is -2.42. The molecule has 9 nitrogen and oxygen atoms in total. The lowest BCUT2D eigenvalue weighted by molar-refractivity contribution is -0.145. The summed E-state index contributed by atoms with van der Waals surface area (Å²) in [6.07, 6.45) is 7.97. The van der Waals surface area contributed by atoms with Crippen LogP contribution in [-0.4, -0.2) is 76.7 Å². The predicted octanol–water partition coefficient (Wildman–Crippen LogP) is 0.0793. The van der Waals surface area contributed by atoms with Crippen molar-refractivity contribution >= 4 is 17.5 Å². The van der Waals surface area contributed by atoms with Crippen molar-refractivity contribution in [3.8, 4) is 0 Å². The van der Waals surface area contributed by atoms with Crippen LogP contribution in [0.25, 0.3) is 0 Å². The molecule has 136 valence electrons. The normalized spacial score (nSPS) is 23.9. The van der Waals surface area contributed by atoms with Crippen LogP contribution in [-0.2, 0) is 14.3 Å². The van der Waals surface area contributed by atoms with Crippen LogP contribution < -0.4 is 4.90 Å². The van der Waals surface area contributed by atoms with E-state index in [9.17, 15) is 9.59 Å². The molecule has 2 amide bonds. The number of anilines is 1. The van der Waals surface area contributed by atoms with Gasteiger partial charge in [-0.2, -0.15) is 0 Å². The Hall–Kier alpha value is -2.78. The molecule has 0 radical (unpaired) electrons. The summed E-state index contributed by atoms with van der Waals surface area (Å²) in [5.41, 5.74) is 0.404. The minimum absolute atomic E-state index is 0.0789. The van der Waals surface area contributed by atoms with Crippen LogP contribution in [0.3, 0.4) is 0 Å². The molecule has 1 atom stereocenters. The first-order valence-electron chi connectivity index (χ1n) is 8.36. The molecule has 2 fully saturated rings. The van der Waals surface area contributed by atoms with E-state index in [4.69, 9.17) is 9.47 Å². The van der Waals surface area contributed by atoms with Crippen molar-refractivity contribution in [3.63, 3.8) is 0 Å². The third-order valence-electron chi connectivity index (χ3n) is 4.59. The maximum absolute atomic E-state index is 12.7. The number of nitrogens with one attached hydrogen (secondary N) is 1. The zero-order valence-corrected chi connectivity index (χ0v) is 14.1. The highest BCUT2D eigenvalue weighted by atomic mass is 16.6. The topological polar surface area (TPSA) is 101 Å². The average molecular weight is 357 g/mol. The summed E-state index contributed by atoms with van der Waals surface area (Å²) in [6, 6.07) is 1.74. The maximum atomic E-state index is 12.7. The Morgan fingerprint density at radius 3 is 2.88 bits per heavy atom. The number of carbonyl (C=O) groups excluding carboxylic acids is 2. The van der Waals surface area contributed by atoms with Gasteiger partial charge in [0, 0.05) is 18.9 Å². The van der Waals surface area contributed by atoms with E-state index >= 15 is 0 Å². The van der Waals surface area contributed by atoms with Crippen molar-refractivity contribution in [2.75, 3.05) is 44.4 Å². The Bertz CT molecular complexity index is 782. The fourth-order valence-electron chi connectivity index (χ4n) is 3.28. The van der Waals surface area contributed by atoms with Gasteiger partial charge in [0.2, 0.25) is 0 Å². The summed E-state index contributed by atoms with van der Waals surface area (Å²) in [5, 5.41) is 0. The lowest BCUT2D eigenvalue weighted by atomic mass is 10.0. The monoisotopic (exact) mass is 357 g/mol. The minimum Gasteiger partial charge on any atom is -0.376 e. The molecular formula is C17H19N5O4. The van der Waals surface area contributed by atoms with Gasteiger partial charge < -0.3 is 24.3 Å². The van der Waals surface area contributed by atoms with Gasteiger partial charge in [-0.25, -0.2) is 9.97 Å². The number of amides is 2. The number of hydrogen-bond acceptors (Lipinski definition) is 6. The molecule has 9 heteroatoms. The molecule has 2 aliphatic heterocycles. The molecule has 4 heterocycles. The zero-order chi connectivity index (χ0) is 18.0. The summed E-state index contributed by atoms with van der Waals surface area (Å²) >= 11 is 0. The molecule has 2 aliphatic rings. The van der Waals surface area contributed by atoms with Crippen LogP contribution in [0.15, 0.2) is 37.2 Å². The Balaban J connectivity index is 1.57. The van der Waals surface area contributed by atoms with E-state index in [0.29, 0.717) is 37.6 Å². The second-order valence-electron chi connectivity index (χ2n) is 6.43. The predicted molar refractivity (Wildman–Crippen MR) is 90.6 cm³/mol. The highest BCUT2D eigenvalue weighted by molar-refractivity contribution is 5.95. The molecule has 2 saturated heterocycles. The molecular weight excluding hydrogens is 338 g/mol. The Morgan fingerprint density at radius 1 is 1.27 bits per heavy atom. The van der Waals surface area contributed by atoms with Gasteiger partial charge in [0.05, 0.1) is 49.9 Å². The first-order chi connectivity index (χ1) is 12.7. The van der Waals surface area contributed by atoms with E-state index in [-0.39, 0.29) is 25.0 Å². The van der Waals surface area contributed by atoms with Crippen LogP contribution in [0.2, 0.25) is 0 Å². The minimum atomic E-state index is -0.785. The van der Waals surface area contributed by atoms with Crippen molar-refractivity contribution in [1.29, 1.82) is 0 Å². The summed E-state index contributed by atoms with van der Waals surface area (Å²) in [4.78, 5) is 39.2. The largest absolute Gasteiger partial charge is 0.376 e. The molecule has 4 rings (SSSR count). The molecule has 0 aromatic carbocycles. The number of aromatic nitrogens is 3. The van der Waals surface area contributed by atoms with Crippen LogP contribution in [0.4, 0.5) is 5.69 Å². The Kier molecular flexibility index (Phi) is 4.39. The van der Waals surface area contributed by atoms with E-state index in [0.717, 1.165) is 0 Å². The SMILES string of the molecule is O=C(c1cc[nH]c1)N1CCOCC2(C1)CN(c1cncnc1)C(=O)CO2. The first kappa shape index (κ1) is 16.7. The molecule has 0 bridgehead atoms. The molecule has 1 unspecified atom stereocenters. The van der Waals surface area contributed by atoms with Gasteiger partial charge in [-0.05, 0) is 6.07 Å². The molecule has 2 aromatic rings. The Labute approximate surface area is 149 Å². The maximum Gasteiger partial charge on any atom is 0.255 e. The van der Waals surface area contributed by atoms with Gasteiger partial charge in [0.1, 0.15) is 18.5 Å². The number of nitrogens with zero attached hydrogens (tertiary/aromatic N) is 4. The summed E-state index contributed by atoms with van der Waals surface area (Å²) in [6.45, 7) is 1.73. The van der Waals surface area contributed by atoms with Crippen LogP contribution in [0.1, 0.15) is 10.4 Å².